The molecule has 0 atom stereocenters. The lowest BCUT2D eigenvalue weighted by Gasteiger charge is -2.07. The molecule has 0 aliphatic heterocycles. The Bertz CT molecular complexity index is 920. The van der Waals surface area contributed by atoms with E-state index in [9.17, 15) is 0 Å². The van der Waals surface area contributed by atoms with Crippen LogP contribution in [0.2, 0.25) is 0 Å². The third-order valence-corrected chi connectivity index (χ3v) is 3.65. The van der Waals surface area contributed by atoms with E-state index in [0.29, 0.717) is 0 Å². The zero-order chi connectivity index (χ0) is 14.1. The Morgan fingerprint density at radius 2 is 1.50 bits per heavy atom. The molecule has 2 aromatic heterocycles. The minimum Gasteiger partial charge on any atom is -1.00 e. The van der Waals surface area contributed by atoms with Gasteiger partial charge in [-0.2, -0.15) is 4.40 Å². The fourth-order valence-corrected chi connectivity index (χ4v) is 2.60. The molecule has 0 aliphatic rings. The van der Waals surface area contributed by atoms with Gasteiger partial charge in [-0.15, -0.1) is 0 Å². The zero-order valence-electron chi connectivity index (χ0n) is 11.9. The summed E-state index contributed by atoms with van der Waals surface area (Å²) in [7, 11) is 0. The van der Waals surface area contributed by atoms with E-state index in [1.165, 1.54) is 16.3 Å². The van der Waals surface area contributed by atoms with Crippen LogP contribution in [0, 0.1) is 0 Å². The first-order valence-electron chi connectivity index (χ1n) is 7.04. The number of nitrogens with one attached hydrogen (secondary N) is 1. The van der Waals surface area contributed by atoms with Gasteiger partial charge in [0.05, 0.1) is 0 Å². The minimum absolute atomic E-state index is 0. The number of hydrogen-bond acceptors (Lipinski definition) is 1. The third-order valence-electron chi connectivity index (χ3n) is 3.65. The Balaban J connectivity index is 0.00000144. The number of rotatable bonds is 2. The normalized spacial score (nSPS) is 10.4. The van der Waals surface area contributed by atoms with Crippen LogP contribution < -0.4 is 26.7 Å². The molecule has 108 valence electrons. The van der Waals surface area contributed by atoms with Crippen molar-refractivity contribution in [1.29, 1.82) is 0 Å². The minimum atomic E-state index is 0. The van der Waals surface area contributed by atoms with Gasteiger partial charge in [-0.25, -0.2) is 0 Å². The van der Waals surface area contributed by atoms with Crippen molar-refractivity contribution in [1.82, 2.24) is 0 Å². The average molecular weight is 351 g/mol. The van der Waals surface area contributed by atoms with Crippen molar-refractivity contribution in [2.45, 2.75) is 0 Å². The molecular weight excluding hydrogens is 336 g/mol. The number of halogens is 1. The van der Waals surface area contributed by atoms with E-state index in [4.69, 9.17) is 0 Å². The van der Waals surface area contributed by atoms with Gasteiger partial charge in [0.2, 0.25) is 5.52 Å². The molecule has 3 heteroatoms. The van der Waals surface area contributed by atoms with Gasteiger partial charge < -0.3 is 22.3 Å². The van der Waals surface area contributed by atoms with Crippen LogP contribution in [0.5, 0.6) is 0 Å². The summed E-state index contributed by atoms with van der Waals surface area (Å²) in [6.07, 6.45) is 4.24. The summed E-state index contributed by atoms with van der Waals surface area (Å²) in [5.41, 5.74) is 3.41. The number of aromatic nitrogens is 1. The molecule has 2 aromatic carbocycles. The highest BCUT2D eigenvalue weighted by molar-refractivity contribution is 5.87. The van der Waals surface area contributed by atoms with Crippen LogP contribution in [0.15, 0.2) is 85.2 Å². The maximum Gasteiger partial charge on any atom is 0.211 e. The number of anilines is 2. The predicted molar refractivity (Wildman–Crippen MR) is 86.8 cm³/mol. The largest absolute Gasteiger partial charge is 1.00 e. The van der Waals surface area contributed by atoms with Gasteiger partial charge >= 0.3 is 0 Å². The van der Waals surface area contributed by atoms with Crippen LogP contribution in [0.25, 0.3) is 16.3 Å². The molecule has 0 aliphatic carbocycles. The summed E-state index contributed by atoms with van der Waals surface area (Å²) in [5.74, 6) is 0. The Labute approximate surface area is 139 Å². The maximum atomic E-state index is 3.44. The highest BCUT2D eigenvalue weighted by atomic mass is 79.9. The van der Waals surface area contributed by atoms with Gasteiger partial charge in [-0.3, -0.25) is 0 Å². The number of benzene rings is 2. The van der Waals surface area contributed by atoms with Gasteiger partial charge in [0, 0.05) is 35.0 Å². The lowest BCUT2D eigenvalue weighted by Crippen LogP contribution is -3.00. The Morgan fingerprint density at radius 1 is 0.682 bits per heavy atom. The molecule has 0 saturated carbocycles. The van der Waals surface area contributed by atoms with Crippen molar-refractivity contribution in [3.05, 3.63) is 85.2 Å². The summed E-state index contributed by atoms with van der Waals surface area (Å²) in [5, 5.41) is 5.91. The van der Waals surface area contributed by atoms with Crippen molar-refractivity contribution < 1.29 is 21.4 Å². The lowest BCUT2D eigenvalue weighted by molar-refractivity contribution is -0.510. The Hall–Kier alpha value is -2.39. The van der Waals surface area contributed by atoms with Gasteiger partial charge in [-0.05, 0) is 41.8 Å². The standard InChI is InChI=1S/C19H14N2.BrH/c1-2-6-17(7-3-1)20-18-10-9-15-14-21-11-5-4-8-19(21)13-16(15)12-18;/h1-14H;1H. The van der Waals surface area contributed by atoms with Gasteiger partial charge in [-0.1, -0.05) is 18.2 Å². The number of hydrogen-bond donors (Lipinski definition) is 1. The van der Waals surface area contributed by atoms with Crippen LogP contribution in [-0.2, 0) is 0 Å². The summed E-state index contributed by atoms with van der Waals surface area (Å²) in [6, 6.07) is 25.1. The van der Waals surface area contributed by atoms with Crippen LogP contribution in [-0.4, -0.2) is 0 Å². The molecule has 0 unspecified atom stereocenters. The van der Waals surface area contributed by atoms with E-state index >= 15 is 0 Å². The van der Waals surface area contributed by atoms with Gasteiger partial charge in [0.25, 0.3) is 0 Å². The summed E-state index contributed by atoms with van der Waals surface area (Å²) >= 11 is 0. The molecule has 1 N–H and O–H groups in total. The molecule has 0 spiro atoms. The molecule has 0 fully saturated rings. The molecule has 22 heavy (non-hydrogen) atoms. The molecular formula is C19H15BrN2. The predicted octanol–water partition coefficient (Wildman–Crippen LogP) is 1.33. The van der Waals surface area contributed by atoms with Crippen LogP contribution in [0.1, 0.15) is 0 Å². The molecule has 0 radical (unpaired) electrons. The van der Waals surface area contributed by atoms with Crippen LogP contribution >= 0.6 is 0 Å². The molecule has 2 nitrogen and oxygen atoms in total. The topological polar surface area (TPSA) is 16.1 Å². The fraction of sp³-hybridized carbons (Fsp3) is 0. The second-order valence-electron chi connectivity index (χ2n) is 5.14. The lowest BCUT2D eigenvalue weighted by atomic mass is 10.1. The van der Waals surface area contributed by atoms with E-state index in [-0.39, 0.29) is 17.0 Å². The number of pyridine rings is 2. The summed E-state index contributed by atoms with van der Waals surface area (Å²) in [4.78, 5) is 0. The monoisotopic (exact) mass is 350 g/mol. The first-order chi connectivity index (χ1) is 10.4. The van der Waals surface area contributed by atoms with Crippen LogP contribution in [0.4, 0.5) is 11.4 Å². The van der Waals surface area contributed by atoms with E-state index in [1.54, 1.807) is 0 Å². The molecule has 4 aromatic rings. The quantitative estimate of drug-likeness (QED) is 0.426. The van der Waals surface area contributed by atoms with E-state index in [0.717, 1.165) is 11.4 Å². The van der Waals surface area contributed by atoms with E-state index in [1.807, 2.05) is 24.3 Å². The number of nitrogens with zero attached hydrogens (tertiary/aromatic N) is 1. The number of para-hydroxylation sites is 1. The van der Waals surface area contributed by atoms with Crippen LogP contribution in [0.3, 0.4) is 0 Å². The van der Waals surface area contributed by atoms with Gasteiger partial charge in [0.1, 0.15) is 0 Å². The second kappa shape index (κ2) is 6.16. The zero-order valence-corrected chi connectivity index (χ0v) is 13.5. The fourth-order valence-electron chi connectivity index (χ4n) is 2.60. The first-order valence-corrected chi connectivity index (χ1v) is 7.04. The average Bonchev–Trinajstić information content (AvgIpc) is 2.54. The van der Waals surface area contributed by atoms with Gasteiger partial charge in [0.15, 0.2) is 12.4 Å². The Kier molecular flexibility index (Phi) is 4.07. The third kappa shape index (κ3) is 2.81. The second-order valence-corrected chi connectivity index (χ2v) is 5.14. The Morgan fingerprint density at radius 3 is 2.36 bits per heavy atom. The smallest absolute Gasteiger partial charge is 0.211 e. The summed E-state index contributed by atoms with van der Waals surface area (Å²) in [6.45, 7) is 0. The first kappa shape index (κ1) is 14.5. The highest BCUT2D eigenvalue weighted by Crippen LogP contribution is 2.22. The maximum absolute atomic E-state index is 3.44. The molecule has 0 saturated heterocycles. The highest BCUT2D eigenvalue weighted by Gasteiger charge is 2.05. The van der Waals surface area contributed by atoms with Crippen molar-refractivity contribution in [2.75, 3.05) is 5.32 Å². The van der Waals surface area contributed by atoms with E-state index < -0.39 is 0 Å². The molecule has 0 bridgehead atoms. The molecule has 2 heterocycles. The van der Waals surface area contributed by atoms with Crippen molar-refractivity contribution in [2.24, 2.45) is 0 Å². The molecule has 0 amide bonds. The van der Waals surface area contributed by atoms with Crippen molar-refractivity contribution >= 4 is 27.7 Å². The summed E-state index contributed by atoms with van der Waals surface area (Å²) < 4.78 is 2.15. The van der Waals surface area contributed by atoms with Crippen molar-refractivity contribution in [3.63, 3.8) is 0 Å². The van der Waals surface area contributed by atoms with Crippen molar-refractivity contribution in [3.8, 4) is 0 Å². The number of fused-ring (bicyclic) bond motifs is 2. The molecule has 4 rings (SSSR count). The van der Waals surface area contributed by atoms with E-state index in [2.05, 4.69) is 70.6 Å². The SMILES string of the molecule is [Br-].c1ccc(Nc2ccc3c[n+]4ccccc4cc3c2)cc1.